The Balaban J connectivity index is 1.45. The standard InChI is InChI=1S/C32H41N3O2/c1-22-8-10-27-28(20-22)34(17-14-23-12-15-33(2)16-13-23)18-19-35-29-21-25(32(36)37)9-11-26(29)30(31(27)35)24-6-4-3-5-7-24/h8-11,20-21,23-24H,3-7,12-19H2,1-2H3,(H,36,37). The van der Waals surface area contributed by atoms with Crippen molar-refractivity contribution in [3.05, 3.63) is 53.1 Å². The number of aryl methyl sites for hydroxylation is 1. The van der Waals surface area contributed by atoms with Gasteiger partial charge in [0.25, 0.3) is 0 Å². The fourth-order valence-electron chi connectivity index (χ4n) is 7.20. The minimum atomic E-state index is -0.846. The molecule has 3 aliphatic rings. The zero-order valence-electron chi connectivity index (χ0n) is 22.5. The molecule has 0 bridgehead atoms. The van der Waals surface area contributed by atoms with Crippen molar-refractivity contribution in [2.45, 2.75) is 70.8 Å². The quantitative estimate of drug-likeness (QED) is 0.414. The van der Waals surface area contributed by atoms with E-state index in [1.165, 1.54) is 97.9 Å². The first-order valence-electron chi connectivity index (χ1n) is 14.4. The van der Waals surface area contributed by atoms with Gasteiger partial charge in [-0.3, -0.25) is 0 Å². The third kappa shape index (κ3) is 4.67. The highest BCUT2D eigenvalue weighted by Crippen LogP contribution is 2.47. The average Bonchev–Trinajstić information content (AvgIpc) is 3.14. The summed E-state index contributed by atoms with van der Waals surface area (Å²) in [7, 11) is 2.24. The summed E-state index contributed by atoms with van der Waals surface area (Å²) in [6.07, 6.45) is 10.2. The lowest BCUT2D eigenvalue weighted by Gasteiger charge is -2.32. The Hall–Kier alpha value is -2.79. The molecule has 1 saturated heterocycles. The van der Waals surface area contributed by atoms with E-state index in [0.717, 1.165) is 31.1 Å². The maximum atomic E-state index is 11.9. The van der Waals surface area contributed by atoms with E-state index in [0.29, 0.717) is 11.5 Å². The first-order valence-corrected chi connectivity index (χ1v) is 14.4. The van der Waals surface area contributed by atoms with Crippen molar-refractivity contribution in [3.8, 4) is 11.3 Å². The van der Waals surface area contributed by atoms with E-state index in [1.54, 1.807) is 6.07 Å². The Morgan fingerprint density at radius 1 is 0.946 bits per heavy atom. The van der Waals surface area contributed by atoms with Crippen LogP contribution in [-0.2, 0) is 6.54 Å². The number of hydrogen-bond donors (Lipinski definition) is 1. The summed E-state index contributed by atoms with van der Waals surface area (Å²) in [5, 5.41) is 11.0. The van der Waals surface area contributed by atoms with Crippen LogP contribution < -0.4 is 4.90 Å². The smallest absolute Gasteiger partial charge is 0.335 e. The van der Waals surface area contributed by atoms with Crippen LogP contribution in [0.3, 0.4) is 0 Å². The minimum absolute atomic E-state index is 0.385. The van der Waals surface area contributed by atoms with Gasteiger partial charge in [-0.2, -0.15) is 0 Å². The van der Waals surface area contributed by atoms with Crippen LogP contribution >= 0.6 is 0 Å². The second-order valence-electron chi connectivity index (χ2n) is 11.8. The molecule has 1 aromatic heterocycles. The van der Waals surface area contributed by atoms with Gasteiger partial charge in [0.2, 0.25) is 0 Å². The van der Waals surface area contributed by atoms with Crippen molar-refractivity contribution in [1.82, 2.24) is 9.47 Å². The molecule has 2 fully saturated rings. The molecule has 0 amide bonds. The highest BCUT2D eigenvalue weighted by Gasteiger charge is 2.31. The summed E-state index contributed by atoms with van der Waals surface area (Å²) in [6, 6.07) is 12.8. The van der Waals surface area contributed by atoms with E-state index in [9.17, 15) is 9.90 Å². The SMILES string of the molecule is Cc1ccc2c(c1)N(CCC1CCN(C)CC1)CCn1c-2c(C2CCCCC2)c2ccc(C(=O)O)cc21. The van der Waals surface area contributed by atoms with Gasteiger partial charge in [0.05, 0.1) is 11.3 Å². The van der Waals surface area contributed by atoms with E-state index in [-0.39, 0.29) is 0 Å². The van der Waals surface area contributed by atoms with Crippen LogP contribution in [0.1, 0.15) is 78.8 Å². The molecule has 196 valence electrons. The van der Waals surface area contributed by atoms with E-state index < -0.39 is 5.97 Å². The number of nitrogens with zero attached hydrogens (tertiary/aromatic N) is 3. The Labute approximate surface area is 221 Å². The normalized spacial score (nSPS) is 19.6. The van der Waals surface area contributed by atoms with Gasteiger partial charge >= 0.3 is 5.97 Å². The predicted octanol–water partition coefficient (Wildman–Crippen LogP) is 6.91. The molecule has 0 radical (unpaired) electrons. The maximum absolute atomic E-state index is 11.9. The van der Waals surface area contributed by atoms with Crippen LogP contribution in [0.5, 0.6) is 0 Å². The lowest BCUT2D eigenvalue weighted by molar-refractivity contribution is 0.0697. The van der Waals surface area contributed by atoms with Crippen molar-refractivity contribution < 1.29 is 9.90 Å². The Bertz CT molecular complexity index is 1300. The summed E-state index contributed by atoms with van der Waals surface area (Å²) in [5.74, 6) is 0.507. The van der Waals surface area contributed by atoms with Gasteiger partial charge in [-0.15, -0.1) is 0 Å². The zero-order chi connectivity index (χ0) is 25.5. The molecule has 0 unspecified atom stereocenters. The molecular weight excluding hydrogens is 458 g/mol. The van der Waals surface area contributed by atoms with Crippen LogP contribution in [0.15, 0.2) is 36.4 Å². The Kier molecular flexibility index (Phi) is 6.74. The molecule has 6 rings (SSSR count). The fraction of sp³-hybridized carbons (Fsp3) is 0.531. The number of carboxylic acid groups (broad SMARTS) is 1. The van der Waals surface area contributed by atoms with Crippen LogP contribution in [0.2, 0.25) is 0 Å². The second-order valence-corrected chi connectivity index (χ2v) is 11.8. The number of likely N-dealkylation sites (tertiary alicyclic amines) is 1. The highest BCUT2D eigenvalue weighted by atomic mass is 16.4. The molecule has 37 heavy (non-hydrogen) atoms. The first-order chi connectivity index (χ1) is 18.0. The van der Waals surface area contributed by atoms with E-state index in [2.05, 4.69) is 52.6 Å². The number of rotatable bonds is 5. The largest absolute Gasteiger partial charge is 0.478 e. The molecule has 2 aliphatic heterocycles. The van der Waals surface area contributed by atoms with Gasteiger partial charge in [0.1, 0.15) is 0 Å². The number of piperidine rings is 1. The summed E-state index contributed by atoms with van der Waals surface area (Å²) in [4.78, 5) is 17.0. The number of benzene rings is 2. The molecule has 2 aromatic carbocycles. The van der Waals surface area contributed by atoms with Gasteiger partial charge in [-0.1, -0.05) is 37.5 Å². The lowest BCUT2D eigenvalue weighted by atomic mass is 9.81. The van der Waals surface area contributed by atoms with E-state index in [1.807, 2.05) is 6.07 Å². The minimum Gasteiger partial charge on any atom is -0.478 e. The van der Waals surface area contributed by atoms with Gasteiger partial charge in [-0.25, -0.2) is 4.79 Å². The molecule has 1 N–H and O–H groups in total. The number of carboxylic acids is 1. The number of carbonyl (C=O) groups is 1. The fourth-order valence-corrected chi connectivity index (χ4v) is 7.20. The number of fused-ring (bicyclic) bond motifs is 5. The monoisotopic (exact) mass is 499 g/mol. The van der Waals surface area contributed by atoms with Crippen LogP contribution in [-0.4, -0.2) is 53.8 Å². The van der Waals surface area contributed by atoms with Crippen molar-refractivity contribution >= 4 is 22.6 Å². The van der Waals surface area contributed by atoms with E-state index in [4.69, 9.17) is 0 Å². The molecule has 5 heteroatoms. The molecule has 3 aromatic rings. The molecule has 3 heterocycles. The van der Waals surface area contributed by atoms with Crippen LogP contribution in [0.25, 0.3) is 22.2 Å². The molecule has 1 aliphatic carbocycles. The van der Waals surface area contributed by atoms with E-state index >= 15 is 0 Å². The summed E-state index contributed by atoms with van der Waals surface area (Å²) in [5.41, 5.74) is 8.30. The first kappa shape index (κ1) is 24.5. The third-order valence-corrected chi connectivity index (χ3v) is 9.35. The second kappa shape index (κ2) is 10.2. The van der Waals surface area contributed by atoms with Gasteiger partial charge in [0, 0.05) is 41.8 Å². The maximum Gasteiger partial charge on any atom is 0.335 e. The van der Waals surface area contributed by atoms with Crippen molar-refractivity contribution in [2.24, 2.45) is 5.92 Å². The Morgan fingerprint density at radius 3 is 2.49 bits per heavy atom. The van der Waals surface area contributed by atoms with Gasteiger partial charge in [0.15, 0.2) is 0 Å². The molecule has 0 atom stereocenters. The number of anilines is 1. The molecular formula is C32H41N3O2. The average molecular weight is 500 g/mol. The van der Waals surface area contributed by atoms with Gasteiger partial charge < -0.3 is 19.5 Å². The molecule has 5 nitrogen and oxygen atoms in total. The predicted molar refractivity (Wildman–Crippen MR) is 152 cm³/mol. The molecule has 0 spiro atoms. The lowest BCUT2D eigenvalue weighted by Crippen LogP contribution is -2.33. The number of aromatic carboxylic acids is 1. The van der Waals surface area contributed by atoms with Crippen molar-refractivity contribution in [3.63, 3.8) is 0 Å². The zero-order valence-corrected chi connectivity index (χ0v) is 22.5. The van der Waals surface area contributed by atoms with Crippen molar-refractivity contribution in [1.29, 1.82) is 0 Å². The number of aromatic nitrogens is 1. The summed E-state index contributed by atoms with van der Waals surface area (Å²) in [6.45, 7) is 7.58. The van der Waals surface area contributed by atoms with Crippen LogP contribution in [0.4, 0.5) is 5.69 Å². The third-order valence-electron chi connectivity index (χ3n) is 9.35. The summed E-state index contributed by atoms with van der Waals surface area (Å²) < 4.78 is 2.47. The van der Waals surface area contributed by atoms with Gasteiger partial charge in [-0.05, 0) is 100 Å². The van der Waals surface area contributed by atoms with Crippen molar-refractivity contribution in [2.75, 3.05) is 38.1 Å². The Morgan fingerprint density at radius 2 is 1.73 bits per heavy atom. The van der Waals surface area contributed by atoms with Crippen LogP contribution in [0, 0.1) is 12.8 Å². The summed E-state index contributed by atoms with van der Waals surface area (Å²) >= 11 is 0. The molecule has 1 saturated carbocycles. The topological polar surface area (TPSA) is 48.7 Å². The number of hydrogen-bond acceptors (Lipinski definition) is 3. The highest BCUT2D eigenvalue weighted by molar-refractivity contribution is 5.99.